The number of hydrogen-bond acceptors (Lipinski definition) is 3. The molecule has 2 aromatic carbocycles. The molecule has 174 valence electrons. The Morgan fingerprint density at radius 3 is 2.24 bits per heavy atom. The van der Waals surface area contributed by atoms with Gasteiger partial charge in [-0.05, 0) is 86.4 Å². The van der Waals surface area contributed by atoms with Crippen LogP contribution in [0.3, 0.4) is 0 Å². The summed E-state index contributed by atoms with van der Waals surface area (Å²) in [7, 11) is 0. The first kappa shape index (κ1) is 23.7. The molecule has 1 saturated heterocycles. The third kappa shape index (κ3) is 5.93. The van der Waals surface area contributed by atoms with Crippen LogP contribution in [0.5, 0.6) is 0 Å². The lowest BCUT2D eigenvalue weighted by molar-refractivity contribution is -0.127. The van der Waals surface area contributed by atoms with Crippen LogP contribution in [-0.2, 0) is 17.6 Å². The molecule has 2 heterocycles. The summed E-state index contributed by atoms with van der Waals surface area (Å²) in [6, 6.07) is 14.5. The van der Waals surface area contributed by atoms with Crippen LogP contribution in [0.15, 0.2) is 54.6 Å². The molecule has 1 amide bonds. The van der Waals surface area contributed by atoms with E-state index in [1.54, 1.807) is 0 Å². The third-order valence-electron chi connectivity index (χ3n) is 7.08. The number of carbonyl (C=O) groups is 2. The summed E-state index contributed by atoms with van der Waals surface area (Å²) >= 11 is 5.99. The molecule has 0 unspecified atom stereocenters. The number of ketones is 1. The summed E-state index contributed by atoms with van der Waals surface area (Å²) in [6.45, 7) is 7.94. The minimum Gasteiger partial charge on any atom is -0.339 e. The fourth-order valence-electron chi connectivity index (χ4n) is 4.93. The van der Waals surface area contributed by atoms with Gasteiger partial charge in [0.05, 0.1) is 0 Å². The second kappa shape index (κ2) is 10.7. The predicted molar refractivity (Wildman–Crippen MR) is 134 cm³/mol. The van der Waals surface area contributed by atoms with Gasteiger partial charge < -0.3 is 9.80 Å². The largest absolute Gasteiger partial charge is 0.339 e. The molecule has 2 aliphatic rings. The lowest BCUT2D eigenvalue weighted by Crippen LogP contribution is -2.37. The number of benzene rings is 2. The highest BCUT2D eigenvalue weighted by Gasteiger charge is 2.23. The summed E-state index contributed by atoms with van der Waals surface area (Å²) in [5.74, 6) is 0.260. The Bertz CT molecular complexity index is 1020. The van der Waals surface area contributed by atoms with E-state index in [2.05, 4.69) is 36.9 Å². The SMILES string of the molecule is CC(C)N1CCc2ccc(C(=O)/C=C/C(=O)N3CCC(c4ccc(Cl)cc4)CC3)cc2CC1. The highest BCUT2D eigenvalue weighted by atomic mass is 35.5. The number of hydrogen-bond donors (Lipinski definition) is 0. The second-order valence-electron chi connectivity index (χ2n) is 9.46. The van der Waals surface area contributed by atoms with E-state index >= 15 is 0 Å². The molecule has 0 saturated carbocycles. The lowest BCUT2D eigenvalue weighted by Gasteiger charge is -2.31. The van der Waals surface area contributed by atoms with Crippen LogP contribution in [0.2, 0.25) is 5.02 Å². The van der Waals surface area contributed by atoms with Gasteiger partial charge in [0.2, 0.25) is 5.91 Å². The minimum absolute atomic E-state index is 0.0831. The summed E-state index contributed by atoms with van der Waals surface area (Å²) in [4.78, 5) is 29.7. The van der Waals surface area contributed by atoms with Crippen LogP contribution in [0, 0.1) is 0 Å². The first-order chi connectivity index (χ1) is 15.9. The Morgan fingerprint density at radius 1 is 0.909 bits per heavy atom. The van der Waals surface area contributed by atoms with E-state index < -0.39 is 0 Å². The fraction of sp³-hybridized carbons (Fsp3) is 0.429. The van der Waals surface area contributed by atoms with Crippen molar-refractivity contribution in [3.8, 4) is 0 Å². The number of piperidine rings is 1. The van der Waals surface area contributed by atoms with Gasteiger partial charge in [0.15, 0.2) is 5.78 Å². The highest BCUT2D eigenvalue weighted by Crippen LogP contribution is 2.29. The molecule has 0 aromatic heterocycles. The van der Waals surface area contributed by atoms with E-state index in [1.807, 2.05) is 29.2 Å². The van der Waals surface area contributed by atoms with Crippen molar-refractivity contribution >= 4 is 23.3 Å². The minimum atomic E-state index is -0.104. The number of halogens is 1. The number of nitrogens with zero attached hydrogens (tertiary/aromatic N) is 2. The van der Waals surface area contributed by atoms with E-state index in [-0.39, 0.29) is 11.7 Å². The van der Waals surface area contributed by atoms with Gasteiger partial charge >= 0.3 is 0 Å². The summed E-state index contributed by atoms with van der Waals surface area (Å²) in [6.07, 6.45) is 6.70. The van der Waals surface area contributed by atoms with Crippen LogP contribution >= 0.6 is 11.6 Å². The van der Waals surface area contributed by atoms with Crippen LogP contribution in [-0.4, -0.2) is 53.7 Å². The molecule has 1 fully saturated rings. The average molecular weight is 465 g/mol. The van der Waals surface area contributed by atoms with Crippen molar-refractivity contribution in [3.05, 3.63) is 81.9 Å². The molecule has 2 aliphatic heterocycles. The van der Waals surface area contributed by atoms with Gasteiger partial charge in [-0.3, -0.25) is 9.59 Å². The molecular weight excluding hydrogens is 432 g/mol. The fourth-order valence-corrected chi connectivity index (χ4v) is 5.05. The van der Waals surface area contributed by atoms with E-state index in [4.69, 9.17) is 11.6 Å². The topological polar surface area (TPSA) is 40.6 Å². The Hall–Kier alpha value is -2.43. The molecule has 0 bridgehead atoms. The number of likely N-dealkylation sites (tertiary alicyclic amines) is 1. The Morgan fingerprint density at radius 2 is 1.58 bits per heavy atom. The van der Waals surface area contributed by atoms with E-state index in [0.717, 1.165) is 43.8 Å². The van der Waals surface area contributed by atoms with Crippen molar-refractivity contribution in [2.75, 3.05) is 26.2 Å². The van der Waals surface area contributed by atoms with Gasteiger partial charge in [-0.1, -0.05) is 35.9 Å². The van der Waals surface area contributed by atoms with Crippen molar-refractivity contribution in [1.82, 2.24) is 9.80 Å². The van der Waals surface area contributed by atoms with Crippen molar-refractivity contribution in [1.29, 1.82) is 0 Å². The molecule has 0 atom stereocenters. The zero-order chi connectivity index (χ0) is 23.4. The Labute approximate surface area is 202 Å². The Balaban J connectivity index is 1.32. The summed E-state index contributed by atoms with van der Waals surface area (Å²) in [5, 5.41) is 0.744. The molecule has 33 heavy (non-hydrogen) atoms. The zero-order valence-electron chi connectivity index (χ0n) is 19.6. The normalized spacial score (nSPS) is 17.9. The second-order valence-corrected chi connectivity index (χ2v) is 9.90. The number of allylic oxidation sites excluding steroid dienone is 1. The third-order valence-corrected chi connectivity index (χ3v) is 7.34. The van der Waals surface area contributed by atoms with Crippen molar-refractivity contribution in [3.63, 3.8) is 0 Å². The van der Waals surface area contributed by atoms with Gasteiger partial charge in [0, 0.05) is 48.9 Å². The average Bonchev–Trinajstić information content (AvgIpc) is 3.05. The van der Waals surface area contributed by atoms with Crippen molar-refractivity contribution in [2.45, 2.75) is 51.5 Å². The number of rotatable bonds is 5. The molecule has 0 aliphatic carbocycles. The molecule has 4 nitrogen and oxygen atoms in total. The predicted octanol–water partition coefficient (Wildman–Crippen LogP) is 5.29. The van der Waals surface area contributed by atoms with Gasteiger partial charge in [-0.25, -0.2) is 0 Å². The summed E-state index contributed by atoms with van der Waals surface area (Å²) < 4.78 is 0. The maximum atomic E-state index is 12.8. The molecule has 0 radical (unpaired) electrons. The molecule has 0 spiro atoms. The van der Waals surface area contributed by atoms with Crippen LogP contribution < -0.4 is 0 Å². The number of fused-ring (bicyclic) bond motifs is 1. The maximum Gasteiger partial charge on any atom is 0.246 e. The number of amides is 1. The standard InChI is InChI=1S/C28H33ClN2O2/c1-20(2)30-15-11-22-3-4-25(19-24(22)14-16-30)27(32)9-10-28(33)31-17-12-23(13-18-31)21-5-7-26(29)8-6-21/h3-10,19-20,23H,11-18H2,1-2H3/b10-9+. The van der Waals surface area contributed by atoms with E-state index in [0.29, 0.717) is 30.6 Å². The first-order valence-corrected chi connectivity index (χ1v) is 12.4. The molecule has 0 N–H and O–H groups in total. The van der Waals surface area contributed by atoms with Gasteiger partial charge in [-0.2, -0.15) is 0 Å². The molecule has 5 heteroatoms. The lowest BCUT2D eigenvalue weighted by atomic mass is 9.89. The molecular formula is C28H33ClN2O2. The highest BCUT2D eigenvalue weighted by molar-refractivity contribution is 6.30. The summed E-state index contributed by atoms with van der Waals surface area (Å²) in [5.41, 5.74) is 4.53. The first-order valence-electron chi connectivity index (χ1n) is 12.0. The van der Waals surface area contributed by atoms with Gasteiger partial charge in [-0.15, -0.1) is 0 Å². The smallest absolute Gasteiger partial charge is 0.246 e. The van der Waals surface area contributed by atoms with Gasteiger partial charge in [0.25, 0.3) is 0 Å². The van der Waals surface area contributed by atoms with Crippen LogP contribution in [0.4, 0.5) is 0 Å². The van der Waals surface area contributed by atoms with E-state index in [9.17, 15) is 9.59 Å². The van der Waals surface area contributed by atoms with Crippen molar-refractivity contribution in [2.24, 2.45) is 0 Å². The quantitative estimate of drug-likeness (QED) is 0.445. The van der Waals surface area contributed by atoms with Crippen LogP contribution in [0.25, 0.3) is 0 Å². The molecule has 4 rings (SSSR count). The maximum absolute atomic E-state index is 12.8. The number of carbonyl (C=O) groups excluding carboxylic acids is 2. The zero-order valence-corrected chi connectivity index (χ0v) is 20.4. The van der Waals surface area contributed by atoms with Crippen LogP contribution in [0.1, 0.15) is 59.7 Å². The Kier molecular flexibility index (Phi) is 7.67. The van der Waals surface area contributed by atoms with Gasteiger partial charge in [0.1, 0.15) is 0 Å². The van der Waals surface area contributed by atoms with E-state index in [1.165, 1.54) is 28.8 Å². The van der Waals surface area contributed by atoms with Crippen molar-refractivity contribution < 1.29 is 9.59 Å². The molecule has 2 aromatic rings. The monoisotopic (exact) mass is 464 g/mol.